The minimum atomic E-state index is -2.52. The first-order valence-electron chi connectivity index (χ1n) is 5.55. The molecular formula is C12H14F2N2O. The van der Waals surface area contributed by atoms with Gasteiger partial charge in [-0.15, -0.1) is 0 Å². The first kappa shape index (κ1) is 12.0. The van der Waals surface area contributed by atoms with E-state index in [9.17, 15) is 13.6 Å². The van der Waals surface area contributed by atoms with Crippen LogP contribution >= 0.6 is 0 Å². The second-order valence-corrected chi connectivity index (χ2v) is 4.01. The van der Waals surface area contributed by atoms with Crippen molar-refractivity contribution in [2.24, 2.45) is 0 Å². The zero-order valence-corrected chi connectivity index (χ0v) is 9.30. The lowest BCUT2D eigenvalue weighted by Gasteiger charge is -2.17. The molecule has 1 amide bonds. The summed E-state index contributed by atoms with van der Waals surface area (Å²) in [5.74, 6) is -0.446. The Morgan fingerprint density at radius 1 is 1.41 bits per heavy atom. The van der Waals surface area contributed by atoms with Gasteiger partial charge in [0.1, 0.15) is 0 Å². The summed E-state index contributed by atoms with van der Waals surface area (Å²) in [6.07, 6.45) is -1.58. The second-order valence-electron chi connectivity index (χ2n) is 4.01. The maximum Gasteiger partial charge on any atom is 0.255 e. The summed E-state index contributed by atoms with van der Waals surface area (Å²) in [4.78, 5) is 11.6. The van der Waals surface area contributed by atoms with Gasteiger partial charge in [0.25, 0.3) is 12.3 Å². The van der Waals surface area contributed by atoms with Crippen LogP contribution in [0.1, 0.15) is 21.5 Å². The summed E-state index contributed by atoms with van der Waals surface area (Å²) >= 11 is 0. The molecule has 1 aliphatic rings. The molecule has 0 bridgehead atoms. The molecule has 0 aliphatic carbocycles. The fraction of sp³-hybridized carbons (Fsp3) is 0.417. The molecule has 17 heavy (non-hydrogen) atoms. The third kappa shape index (κ3) is 3.00. The number of alkyl halides is 2. The number of rotatable bonds is 3. The molecule has 0 saturated heterocycles. The van der Waals surface area contributed by atoms with Crippen molar-refractivity contribution in [3.05, 3.63) is 34.9 Å². The fourth-order valence-corrected chi connectivity index (χ4v) is 1.89. The van der Waals surface area contributed by atoms with E-state index in [1.54, 1.807) is 12.1 Å². The van der Waals surface area contributed by atoms with Crippen molar-refractivity contribution < 1.29 is 13.6 Å². The maximum atomic E-state index is 12.0. The monoisotopic (exact) mass is 240 g/mol. The van der Waals surface area contributed by atoms with Gasteiger partial charge in [-0.1, -0.05) is 6.07 Å². The standard InChI is InChI=1S/C12H14F2N2O/c13-11(14)7-16-12(17)9-2-1-8-3-4-15-6-10(8)5-9/h1-2,5,11,15H,3-4,6-7H2,(H,16,17). The van der Waals surface area contributed by atoms with Gasteiger partial charge < -0.3 is 10.6 Å². The van der Waals surface area contributed by atoms with E-state index in [1.165, 1.54) is 5.56 Å². The van der Waals surface area contributed by atoms with Gasteiger partial charge in [-0.3, -0.25) is 4.79 Å². The largest absolute Gasteiger partial charge is 0.346 e. The van der Waals surface area contributed by atoms with E-state index in [0.717, 1.165) is 25.1 Å². The Bertz CT molecular complexity index is 421. The number of amides is 1. The third-order valence-electron chi connectivity index (χ3n) is 2.77. The van der Waals surface area contributed by atoms with Crippen LogP contribution in [-0.4, -0.2) is 25.4 Å². The molecular weight excluding hydrogens is 226 g/mol. The van der Waals surface area contributed by atoms with Gasteiger partial charge in [0, 0.05) is 12.1 Å². The Morgan fingerprint density at radius 3 is 3.00 bits per heavy atom. The summed E-state index contributed by atoms with van der Waals surface area (Å²) in [6, 6.07) is 5.35. The predicted octanol–water partition coefficient (Wildman–Crippen LogP) is 1.33. The topological polar surface area (TPSA) is 41.1 Å². The van der Waals surface area contributed by atoms with Gasteiger partial charge in [-0.05, 0) is 36.2 Å². The van der Waals surface area contributed by atoms with Gasteiger partial charge in [-0.2, -0.15) is 0 Å². The minimum absolute atomic E-state index is 0.438. The average molecular weight is 240 g/mol. The van der Waals surface area contributed by atoms with E-state index in [1.807, 2.05) is 6.07 Å². The van der Waals surface area contributed by atoms with E-state index >= 15 is 0 Å². The molecule has 0 aromatic heterocycles. The van der Waals surface area contributed by atoms with E-state index < -0.39 is 18.9 Å². The number of halogens is 2. The smallest absolute Gasteiger partial charge is 0.255 e. The number of fused-ring (bicyclic) bond motifs is 1. The quantitative estimate of drug-likeness (QED) is 0.836. The summed E-state index contributed by atoms with van der Waals surface area (Å²) in [5, 5.41) is 5.40. The predicted molar refractivity (Wildman–Crippen MR) is 60.2 cm³/mol. The van der Waals surface area contributed by atoms with Crippen LogP contribution in [-0.2, 0) is 13.0 Å². The van der Waals surface area contributed by atoms with E-state index in [2.05, 4.69) is 10.6 Å². The Balaban J connectivity index is 2.08. The van der Waals surface area contributed by atoms with Crippen LogP contribution in [0.25, 0.3) is 0 Å². The van der Waals surface area contributed by atoms with Crippen LogP contribution in [0.2, 0.25) is 0 Å². The molecule has 1 aromatic rings. The van der Waals surface area contributed by atoms with Crippen LogP contribution in [0.5, 0.6) is 0 Å². The second kappa shape index (κ2) is 5.23. The first-order valence-corrected chi connectivity index (χ1v) is 5.55. The van der Waals surface area contributed by atoms with Gasteiger partial charge in [0.2, 0.25) is 0 Å². The lowest BCUT2D eigenvalue weighted by molar-refractivity contribution is 0.0891. The molecule has 0 fully saturated rings. The van der Waals surface area contributed by atoms with Gasteiger partial charge >= 0.3 is 0 Å². The zero-order valence-electron chi connectivity index (χ0n) is 9.30. The third-order valence-corrected chi connectivity index (χ3v) is 2.77. The highest BCUT2D eigenvalue weighted by Gasteiger charge is 2.13. The lowest BCUT2D eigenvalue weighted by Crippen LogP contribution is -2.29. The Labute approximate surface area is 98.2 Å². The molecule has 1 heterocycles. The van der Waals surface area contributed by atoms with Crippen LogP contribution in [0.15, 0.2) is 18.2 Å². The van der Waals surface area contributed by atoms with Crippen molar-refractivity contribution in [1.29, 1.82) is 0 Å². The number of hydrogen-bond acceptors (Lipinski definition) is 2. The summed E-state index contributed by atoms with van der Waals surface area (Å²) in [6.45, 7) is 1.06. The molecule has 2 N–H and O–H groups in total. The number of carbonyl (C=O) groups is 1. The summed E-state index contributed by atoms with van der Waals surface area (Å²) < 4.78 is 23.9. The molecule has 3 nitrogen and oxygen atoms in total. The molecule has 0 saturated carbocycles. The molecule has 2 rings (SSSR count). The van der Waals surface area contributed by atoms with Gasteiger partial charge in [0.05, 0.1) is 6.54 Å². The summed E-state index contributed by atoms with van der Waals surface area (Å²) in [5.41, 5.74) is 2.73. The maximum absolute atomic E-state index is 12.0. The molecule has 1 aromatic carbocycles. The number of benzene rings is 1. The molecule has 0 radical (unpaired) electrons. The van der Waals surface area contributed by atoms with Gasteiger partial charge in [0.15, 0.2) is 0 Å². The van der Waals surface area contributed by atoms with Crippen molar-refractivity contribution in [3.8, 4) is 0 Å². The average Bonchev–Trinajstić information content (AvgIpc) is 2.35. The summed E-state index contributed by atoms with van der Waals surface area (Å²) in [7, 11) is 0. The lowest BCUT2D eigenvalue weighted by atomic mass is 9.98. The van der Waals surface area contributed by atoms with Crippen LogP contribution in [0.3, 0.4) is 0 Å². The van der Waals surface area contributed by atoms with Crippen molar-refractivity contribution in [2.75, 3.05) is 13.1 Å². The molecule has 1 aliphatic heterocycles. The van der Waals surface area contributed by atoms with Crippen LogP contribution < -0.4 is 10.6 Å². The van der Waals surface area contributed by atoms with Gasteiger partial charge in [-0.25, -0.2) is 8.78 Å². The number of hydrogen-bond donors (Lipinski definition) is 2. The van der Waals surface area contributed by atoms with Crippen molar-refractivity contribution in [1.82, 2.24) is 10.6 Å². The van der Waals surface area contributed by atoms with E-state index in [-0.39, 0.29) is 0 Å². The van der Waals surface area contributed by atoms with Crippen molar-refractivity contribution in [2.45, 2.75) is 19.4 Å². The number of nitrogens with one attached hydrogen (secondary N) is 2. The highest BCUT2D eigenvalue weighted by Crippen LogP contribution is 2.15. The van der Waals surface area contributed by atoms with Crippen LogP contribution in [0.4, 0.5) is 8.78 Å². The van der Waals surface area contributed by atoms with Crippen LogP contribution in [0, 0.1) is 0 Å². The molecule has 0 spiro atoms. The molecule has 5 heteroatoms. The highest BCUT2D eigenvalue weighted by molar-refractivity contribution is 5.94. The van der Waals surface area contributed by atoms with E-state index in [4.69, 9.17) is 0 Å². The first-order chi connectivity index (χ1) is 8.16. The Kier molecular flexibility index (Phi) is 3.68. The normalized spacial score (nSPS) is 14.5. The zero-order chi connectivity index (χ0) is 12.3. The minimum Gasteiger partial charge on any atom is -0.346 e. The Hall–Kier alpha value is -1.49. The van der Waals surface area contributed by atoms with E-state index in [0.29, 0.717) is 5.56 Å². The van der Waals surface area contributed by atoms with Crippen molar-refractivity contribution in [3.63, 3.8) is 0 Å². The molecule has 0 unspecified atom stereocenters. The van der Waals surface area contributed by atoms with Crippen molar-refractivity contribution >= 4 is 5.91 Å². The highest BCUT2D eigenvalue weighted by atomic mass is 19.3. The molecule has 92 valence electrons. The SMILES string of the molecule is O=C(NCC(F)F)c1ccc2c(c1)CNCC2. The fourth-order valence-electron chi connectivity index (χ4n) is 1.89. The molecule has 0 atom stereocenters. The Morgan fingerprint density at radius 2 is 2.24 bits per heavy atom. The number of carbonyl (C=O) groups excluding carboxylic acids is 1.